The van der Waals surface area contributed by atoms with Crippen molar-refractivity contribution in [1.82, 2.24) is 10.2 Å². The van der Waals surface area contributed by atoms with Crippen LogP contribution in [0, 0.1) is 17.6 Å². The van der Waals surface area contributed by atoms with Crippen LogP contribution < -0.4 is 5.32 Å². The zero-order valence-electron chi connectivity index (χ0n) is 28.3. The predicted octanol–water partition coefficient (Wildman–Crippen LogP) is 7.04. The number of benzene rings is 3. The van der Waals surface area contributed by atoms with Gasteiger partial charge in [0.25, 0.3) is 0 Å². The number of nitrogens with one attached hydrogen (secondary N) is 1. The van der Waals surface area contributed by atoms with E-state index in [0.29, 0.717) is 25.9 Å². The van der Waals surface area contributed by atoms with Crippen LogP contribution in [-0.2, 0) is 38.2 Å². The third-order valence-electron chi connectivity index (χ3n) is 8.56. The Kier molecular flexibility index (Phi) is 11.5. The number of rotatable bonds is 10. The van der Waals surface area contributed by atoms with Crippen LogP contribution in [0.15, 0.2) is 72.8 Å². The molecule has 0 saturated carbocycles. The lowest BCUT2D eigenvalue weighted by molar-refractivity contribution is -0.164. The average Bonchev–Trinajstić information content (AvgIpc) is 3.00. The maximum atomic E-state index is 14.1. The molecule has 0 aromatic heterocycles. The predicted molar refractivity (Wildman–Crippen MR) is 178 cm³/mol. The minimum Gasteiger partial charge on any atom is -0.460 e. The normalized spacial score (nSPS) is 16.3. The van der Waals surface area contributed by atoms with Gasteiger partial charge in [-0.05, 0) is 79.8 Å². The van der Waals surface area contributed by atoms with Crippen molar-refractivity contribution in [2.75, 3.05) is 19.6 Å². The summed E-state index contributed by atoms with van der Waals surface area (Å²) < 4.78 is 39.3. The number of carbonyl (C=O) groups is 2. The third kappa shape index (κ3) is 10.1. The number of aliphatic hydroxyl groups excluding tert-OH is 1. The monoisotopic (exact) mass is 650 g/mol. The van der Waals surface area contributed by atoms with E-state index in [1.165, 1.54) is 0 Å². The first kappa shape index (κ1) is 36.0. The van der Waals surface area contributed by atoms with Crippen molar-refractivity contribution in [2.24, 2.45) is 5.92 Å². The average molecular weight is 651 g/mol. The van der Waals surface area contributed by atoms with Crippen molar-refractivity contribution in [3.05, 3.63) is 107 Å². The molecule has 2 unspecified atom stereocenters. The summed E-state index contributed by atoms with van der Waals surface area (Å²) in [6, 6.07) is 20.9. The molecule has 9 heteroatoms. The molecular formula is C38H48F2N2O5. The van der Waals surface area contributed by atoms with Crippen molar-refractivity contribution >= 4 is 12.1 Å². The topological polar surface area (TPSA) is 88.1 Å². The Hall–Kier alpha value is -3.82. The number of amides is 1. The molecule has 1 aliphatic heterocycles. The minimum absolute atomic E-state index is 0.0000928. The van der Waals surface area contributed by atoms with Crippen molar-refractivity contribution in [1.29, 1.82) is 0 Å². The van der Waals surface area contributed by atoms with E-state index in [9.17, 15) is 23.5 Å². The number of halogens is 2. The van der Waals surface area contributed by atoms with Crippen LogP contribution >= 0.6 is 0 Å². The van der Waals surface area contributed by atoms with Crippen molar-refractivity contribution in [3.63, 3.8) is 0 Å². The van der Waals surface area contributed by atoms with Crippen LogP contribution in [0.2, 0.25) is 0 Å². The molecule has 3 aromatic carbocycles. The minimum atomic E-state index is -1.24. The van der Waals surface area contributed by atoms with Gasteiger partial charge in [-0.25, -0.2) is 13.6 Å². The van der Waals surface area contributed by atoms with Crippen LogP contribution in [-0.4, -0.2) is 53.4 Å². The quantitative estimate of drug-likeness (QED) is 0.229. The number of nitrogens with zero attached hydrogens (tertiary/aromatic N) is 1. The molecule has 3 aromatic rings. The lowest BCUT2D eigenvalue weighted by Gasteiger charge is -2.44. The van der Waals surface area contributed by atoms with E-state index in [1.54, 1.807) is 25.7 Å². The zero-order chi connectivity index (χ0) is 34.4. The molecule has 254 valence electrons. The number of ether oxygens (including phenoxy) is 2. The van der Waals surface area contributed by atoms with E-state index >= 15 is 0 Å². The Morgan fingerprint density at radius 1 is 0.894 bits per heavy atom. The highest BCUT2D eigenvalue weighted by Gasteiger charge is 2.40. The van der Waals surface area contributed by atoms with Crippen LogP contribution in [0.4, 0.5) is 13.6 Å². The van der Waals surface area contributed by atoms with Crippen LogP contribution in [0.1, 0.15) is 76.6 Å². The fourth-order valence-corrected chi connectivity index (χ4v) is 5.91. The summed E-state index contributed by atoms with van der Waals surface area (Å²) in [5.74, 6) is -3.27. The largest absolute Gasteiger partial charge is 0.460 e. The number of piperidine rings is 1. The van der Waals surface area contributed by atoms with Crippen LogP contribution in [0.25, 0.3) is 0 Å². The van der Waals surface area contributed by atoms with E-state index in [-0.39, 0.29) is 30.6 Å². The molecular weight excluding hydrogens is 602 g/mol. The van der Waals surface area contributed by atoms with Gasteiger partial charge < -0.3 is 24.8 Å². The second-order valence-corrected chi connectivity index (χ2v) is 14.5. The number of hydrogen-bond acceptors (Lipinski definition) is 6. The number of hydrogen-bond donors (Lipinski definition) is 2. The molecule has 2 N–H and O–H groups in total. The summed E-state index contributed by atoms with van der Waals surface area (Å²) in [5.41, 5.74) is 1.72. The fraction of sp³-hybridized carbons (Fsp3) is 0.474. The molecule has 47 heavy (non-hydrogen) atoms. The smallest absolute Gasteiger partial charge is 0.410 e. The van der Waals surface area contributed by atoms with Gasteiger partial charge in [-0.3, -0.25) is 4.79 Å². The van der Waals surface area contributed by atoms with E-state index in [0.717, 1.165) is 34.9 Å². The Bertz CT molecular complexity index is 1490. The Balaban J connectivity index is 1.56. The van der Waals surface area contributed by atoms with Gasteiger partial charge in [0.2, 0.25) is 0 Å². The maximum Gasteiger partial charge on any atom is 0.410 e. The van der Waals surface area contributed by atoms with E-state index in [2.05, 4.69) is 38.2 Å². The molecule has 0 bridgehead atoms. The van der Waals surface area contributed by atoms with Gasteiger partial charge in [-0.2, -0.15) is 0 Å². The van der Waals surface area contributed by atoms with E-state index < -0.39 is 46.9 Å². The van der Waals surface area contributed by atoms with Crippen LogP contribution in [0.5, 0.6) is 0 Å². The molecule has 1 heterocycles. The standard InChI is InChI=1S/C38H48F2N2O5/c1-36(2,3)28-13-10-14-29(22-28)38(15-17-42(18-16-38)35(45)46-25-26-11-8-7-9-12-26)41-24-33(43)32(34(44)47-37(4,5)6)21-27-19-30(39)23-31(40)20-27/h7-14,19-20,22-23,32-33,41,43H,15-18,21,24-25H2,1-6H3. The molecule has 1 fully saturated rings. The van der Waals surface area contributed by atoms with E-state index in [4.69, 9.17) is 9.47 Å². The molecule has 0 aliphatic carbocycles. The summed E-state index contributed by atoms with van der Waals surface area (Å²) in [4.78, 5) is 28.1. The van der Waals surface area contributed by atoms with E-state index in [1.807, 2.05) is 42.5 Å². The molecule has 0 radical (unpaired) electrons. The highest BCUT2D eigenvalue weighted by atomic mass is 19.1. The summed E-state index contributed by atoms with van der Waals surface area (Å²) in [6.07, 6.45) is -0.689. The summed E-state index contributed by atoms with van der Waals surface area (Å²) in [7, 11) is 0. The SMILES string of the molecule is CC(C)(C)OC(=O)C(Cc1cc(F)cc(F)c1)C(O)CNC1(c2cccc(C(C)(C)C)c2)CCN(C(=O)OCc2ccccc2)CC1. The van der Waals surface area contributed by atoms with Gasteiger partial charge >= 0.3 is 12.1 Å². The first-order chi connectivity index (χ1) is 22.0. The Labute approximate surface area is 277 Å². The first-order valence-electron chi connectivity index (χ1n) is 16.2. The molecule has 0 spiro atoms. The second-order valence-electron chi connectivity index (χ2n) is 14.5. The number of likely N-dealkylation sites (tertiary alicyclic amines) is 1. The van der Waals surface area contributed by atoms with Crippen molar-refractivity contribution in [2.45, 2.75) is 90.1 Å². The van der Waals surface area contributed by atoms with Gasteiger partial charge in [-0.1, -0.05) is 75.4 Å². The summed E-state index contributed by atoms with van der Waals surface area (Å²) in [5, 5.41) is 15.1. The second kappa shape index (κ2) is 14.9. The molecule has 7 nitrogen and oxygen atoms in total. The fourth-order valence-electron chi connectivity index (χ4n) is 5.91. The summed E-state index contributed by atoms with van der Waals surface area (Å²) >= 11 is 0. The van der Waals surface area contributed by atoms with Gasteiger partial charge in [0.05, 0.1) is 12.0 Å². The Morgan fingerprint density at radius 3 is 2.13 bits per heavy atom. The molecule has 1 saturated heterocycles. The highest BCUT2D eigenvalue weighted by Crippen LogP contribution is 2.36. The molecule has 2 atom stereocenters. The number of esters is 1. The molecule has 1 aliphatic rings. The maximum absolute atomic E-state index is 14.1. The van der Waals surface area contributed by atoms with Crippen molar-refractivity contribution in [3.8, 4) is 0 Å². The van der Waals surface area contributed by atoms with Gasteiger partial charge in [0, 0.05) is 31.2 Å². The molecule has 4 rings (SSSR count). The van der Waals surface area contributed by atoms with Gasteiger partial charge in [-0.15, -0.1) is 0 Å². The number of aliphatic hydroxyl groups is 1. The van der Waals surface area contributed by atoms with Crippen LogP contribution in [0.3, 0.4) is 0 Å². The van der Waals surface area contributed by atoms with Gasteiger partial charge in [0.1, 0.15) is 23.8 Å². The zero-order valence-corrected chi connectivity index (χ0v) is 28.3. The van der Waals surface area contributed by atoms with Gasteiger partial charge in [0.15, 0.2) is 0 Å². The highest BCUT2D eigenvalue weighted by molar-refractivity contribution is 5.74. The first-order valence-corrected chi connectivity index (χ1v) is 16.2. The lowest BCUT2D eigenvalue weighted by atomic mass is 9.77. The van der Waals surface area contributed by atoms with Crippen molar-refractivity contribution < 1.29 is 33.0 Å². The molecule has 1 amide bonds. The third-order valence-corrected chi connectivity index (χ3v) is 8.56. The Morgan fingerprint density at radius 2 is 1.53 bits per heavy atom. The number of carbonyl (C=O) groups excluding carboxylic acids is 2. The lowest BCUT2D eigenvalue weighted by Crippen LogP contribution is -2.55. The summed E-state index contributed by atoms with van der Waals surface area (Å²) in [6.45, 7) is 12.6.